The van der Waals surface area contributed by atoms with Crippen LogP contribution in [0.3, 0.4) is 0 Å². The van der Waals surface area contributed by atoms with Gasteiger partial charge in [0.1, 0.15) is 5.75 Å². The molecule has 23 heavy (non-hydrogen) atoms. The van der Waals surface area contributed by atoms with Crippen molar-refractivity contribution < 1.29 is 9.95 Å². The molecule has 6 heteroatoms. The average molecular weight is 332 g/mol. The second-order valence-corrected chi connectivity index (χ2v) is 6.67. The highest BCUT2D eigenvalue weighted by atomic mass is 35.5. The topological polar surface area (TPSA) is 65.0 Å². The van der Waals surface area contributed by atoms with E-state index in [1.54, 1.807) is 30.3 Å². The molecule has 3 aromatic rings. The number of aromatic nitrogens is 3. The number of hydrogen-bond acceptors (Lipinski definition) is 3. The summed E-state index contributed by atoms with van der Waals surface area (Å²) in [5.74, 6) is 0.00385. The van der Waals surface area contributed by atoms with Gasteiger partial charge in [0.2, 0.25) is 11.0 Å². The maximum Gasteiger partial charge on any atom is 0.250 e. The summed E-state index contributed by atoms with van der Waals surface area (Å²) < 4.78 is 0. The number of aromatic hydroxyl groups is 1. The zero-order valence-electron chi connectivity index (χ0n) is 13.2. The minimum absolute atomic E-state index is 0.00385. The van der Waals surface area contributed by atoms with E-state index in [1.165, 1.54) is 0 Å². The van der Waals surface area contributed by atoms with Crippen molar-refractivity contribution in [1.82, 2.24) is 9.90 Å². The highest BCUT2D eigenvalue weighted by Crippen LogP contribution is 2.31. The fraction of sp³-hybridized carbons (Fsp3) is 0.294. The molecule has 1 heterocycles. The van der Waals surface area contributed by atoms with Crippen LogP contribution >= 0.6 is 11.6 Å². The molecule has 0 spiro atoms. The predicted molar refractivity (Wildman–Crippen MR) is 90.0 cm³/mol. The Labute approximate surface area is 139 Å². The largest absolute Gasteiger partial charge is 0.692 e. The van der Waals surface area contributed by atoms with Gasteiger partial charge in [0.15, 0.2) is 5.69 Å². The summed E-state index contributed by atoms with van der Waals surface area (Å²) >= 11 is 5.94. The van der Waals surface area contributed by atoms with Crippen LogP contribution < -0.4 is 4.85 Å². The van der Waals surface area contributed by atoms with Gasteiger partial charge in [-0.1, -0.05) is 38.4 Å². The van der Waals surface area contributed by atoms with Crippen LogP contribution in [0, 0.1) is 5.21 Å². The van der Waals surface area contributed by atoms with Crippen molar-refractivity contribution in [3.8, 4) is 11.4 Å². The number of hydrogen-bond donors (Lipinski definition) is 1. The Hall–Kier alpha value is -2.27. The molecular formula is C17H18ClN3O2. The average Bonchev–Trinajstić information content (AvgIpc) is 2.84. The van der Waals surface area contributed by atoms with Crippen LogP contribution in [0.1, 0.15) is 32.8 Å². The first-order valence-electron chi connectivity index (χ1n) is 7.45. The molecule has 120 valence electrons. The first kappa shape index (κ1) is 15.6. The molecule has 0 unspecified atom stereocenters. The minimum Gasteiger partial charge on any atom is -0.692 e. The van der Waals surface area contributed by atoms with E-state index >= 15 is 0 Å². The Kier molecular flexibility index (Phi) is 3.68. The zero-order chi connectivity index (χ0) is 16.8. The van der Waals surface area contributed by atoms with Crippen LogP contribution in [0.5, 0.6) is 5.75 Å². The first-order chi connectivity index (χ1) is 10.8. The second kappa shape index (κ2) is 5.42. The molecule has 0 aliphatic heterocycles. The van der Waals surface area contributed by atoms with Crippen molar-refractivity contribution in [3.05, 3.63) is 52.2 Å². The molecule has 1 N–H and O–H groups in total. The van der Waals surface area contributed by atoms with Crippen LogP contribution in [-0.4, -0.2) is 15.0 Å². The van der Waals surface area contributed by atoms with Crippen LogP contribution in [0.25, 0.3) is 16.7 Å². The molecule has 0 aliphatic carbocycles. The lowest BCUT2D eigenvalue weighted by Crippen LogP contribution is -2.37. The molecule has 2 aromatic carbocycles. The normalized spacial score (nSPS) is 12.0. The number of rotatable bonds is 3. The quantitative estimate of drug-likeness (QED) is 0.588. The van der Waals surface area contributed by atoms with Crippen molar-refractivity contribution in [1.29, 1.82) is 0 Å². The molecule has 0 fully saturated rings. The van der Waals surface area contributed by atoms with Gasteiger partial charge < -0.3 is 10.3 Å². The summed E-state index contributed by atoms with van der Waals surface area (Å²) in [5, 5.41) is 27.4. The summed E-state index contributed by atoms with van der Waals surface area (Å²) in [6.07, 6.45) is 0.936. The molecule has 0 atom stereocenters. The minimum atomic E-state index is -0.0634. The van der Waals surface area contributed by atoms with Crippen LogP contribution in [0.2, 0.25) is 5.02 Å². The van der Waals surface area contributed by atoms with Gasteiger partial charge in [-0.15, -0.1) is 4.85 Å². The molecule has 0 saturated carbocycles. The summed E-state index contributed by atoms with van der Waals surface area (Å²) in [7, 11) is 0. The van der Waals surface area contributed by atoms with Gasteiger partial charge in [-0.05, 0) is 46.5 Å². The van der Waals surface area contributed by atoms with Crippen LogP contribution in [-0.2, 0) is 5.41 Å². The SMILES string of the molecule is CCC(C)(C)c1ccc(O)c(-n2nc3ccc(Cl)cc3[n+]2[O-])c1. The second-order valence-electron chi connectivity index (χ2n) is 6.24. The third kappa shape index (κ3) is 2.61. The van der Waals surface area contributed by atoms with Gasteiger partial charge in [-0.2, -0.15) is 0 Å². The molecule has 0 amide bonds. The Morgan fingerprint density at radius 1 is 1.26 bits per heavy atom. The molecular weight excluding hydrogens is 314 g/mol. The summed E-state index contributed by atoms with van der Waals surface area (Å²) in [5.41, 5.74) is 2.20. The maximum atomic E-state index is 12.5. The van der Waals surface area contributed by atoms with E-state index in [0.29, 0.717) is 26.6 Å². The van der Waals surface area contributed by atoms with Gasteiger partial charge in [0, 0.05) is 11.1 Å². The van der Waals surface area contributed by atoms with Crippen molar-refractivity contribution in [2.75, 3.05) is 0 Å². The van der Waals surface area contributed by atoms with E-state index in [1.807, 2.05) is 6.07 Å². The predicted octanol–water partition coefficient (Wildman–Crippen LogP) is 3.71. The molecule has 5 nitrogen and oxygen atoms in total. The van der Waals surface area contributed by atoms with E-state index in [9.17, 15) is 10.3 Å². The van der Waals surface area contributed by atoms with Crippen molar-refractivity contribution in [2.24, 2.45) is 0 Å². The van der Waals surface area contributed by atoms with E-state index < -0.39 is 0 Å². The van der Waals surface area contributed by atoms with Gasteiger partial charge >= 0.3 is 0 Å². The highest BCUT2D eigenvalue weighted by Gasteiger charge is 2.23. The Balaban J connectivity index is 2.22. The number of phenols is 1. The third-order valence-electron chi connectivity index (χ3n) is 4.37. The van der Waals surface area contributed by atoms with Gasteiger partial charge in [0.05, 0.1) is 5.10 Å². The molecule has 3 rings (SSSR count). The smallest absolute Gasteiger partial charge is 0.250 e. The molecule has 0 radical (unpaired) electrons. The van der Waals surface area contributed by atoms with Crippen molar-refractivity contribution in [3.63, 3.8) is 0 Å². The van der Waals surface area contributed by atoms with E-state index in [4.69, 9.17) is 11.6 Å². The molecule has 1 aromatic heterocycles. The zero-order valence-corrected chi connectivity index (χ0v) is 14.0. The molecule has 0 aliphatic rings. The fourth-order valence-electron chi connectivity index (χ4n) is 2.44. The van der Waals surface area contributed by atoms with Crippen LogP contribution in [0.4, 0.5) is 0 Å². The lowest BCUT2D eigenvalue weighted by atomic mass is 9.82. The first-order valence-corrected chi connectivity index (χ1v) is 7.83. The van der Waals surface area contributed by atoms with Crippen molar-refractivity contribution >= 4 is 22.6 Å². The molecule has 0 bridgehead atoms. The van der Waals surface area contributed by atoms with E-state index in [-0.39, 0.29) is 11.2 Å². The molecule has 0 saturated heterocycles. The van der Waals surface area contributed by atoms with Gasteiger partial charge in [0.25, 0.3) is 0 Å². The Bertz CT molecular complexity index is 887. The van der Waals surface area contributed by atoms with Gasteiger partial charge in [-0.25, -0.2) is 0 Å². The summed E-state index contributed by atoms with van der Waals surface area (Å²) in [6, 6.07) is 10.2. The lowest BCUT2D eigenvalue weighted by Gasteiger charge is -2.23. The Morgan fingerprint density at radius 2 is 2.00 bits per heavy atom. The summed E-state index contributed by atoms with van der Waals surface area (Å²) in [4.78, 5) is 1.80. The number of fused-ring (bicyclic) bond motifs is 1. The maximum absolute atomic E-state index is 12.5. The summed E-state index contributed by atoms with van der Waals surface area (Å²) in [6.45, 7) is 6.34. The monoisotopic (exact) mass is 331 g/mol. The standard InChI is InChI=1S/C17H18ClN3O2/c1-4-17(2,3)11-5-8-16(22)15(9-11)20-19-13-7-6-12(18)10-14(13)21(20)23/h5-10,22H,4H2,1-3H3. The fourth-order valence-corrected chi connectivity index (χ4v) is 2.61. The number of benzene rings is 2. The third-order valence-corrected chi connectivity index (χ3v) is 4.61. The van der Waals surface area contributed by atoms with Gasteiger partial charge in [-0.3, -0.25) is 0 Å². The number of phenolic OH excluding ortho intramolecular Hbond substituents is 1. The Morgan fingerprint density at radius 3 is 2.70 bits per heavy atom. The lowest BCUT2D eigenvalue weighted by molar-refractivity contribution is -0.664. The van der Waals surface area contributed by atoms with E-state index in [0.717, 1.165) is 16.8 Å². The van der Waals surface area contributed by atoms with Crippen molar-refractivity contribution in [2.45, 2.75) is 32.6 Å². The van der Waals surface area contributed by atoms with Crippen LogP contribution in [0.15, 0.2) is 36.4 Å². The number of nitrogens with zero attached hydrogens (tertiary/aromatic N) is 3. The number of halogens is 1. The van der Waals surface area contributed by atoms with E-state index in [2.05, 4.69) is 25.9 Å². The highest BCUT2D eigenvalue weighted by molar-refractivity contribution is 6.31.